The van der Waals surface area contributed by atoms with Crippen LogP contribution in [0.2, 0.25) is 0 Å². The lowest BCUT2D eigenvalue weighted by molar-refractivity contribution is -0.140. The highest BCUT2D eigenvalue weighted by Crippen LogP contribution is 2.33. The molecular weight excluding hydrogens is 298 g/mol. The number of hydrogen-bond donors (Lipinski definition) is 2. The van der Waals surface area contributed by atoms with Gasteiger partial charge in [0.1, 0.15) is 6.04 Å². The number of aliphatic carboxylic acids is 1. The number of carbonyl (C=O) groups is 2. The minimum atomic E-state index is -1.07. The molecule has 0 unspecified atom stereocenters. The molecule has 0 aromatic heterocycles. The summed E-state index contributed by atoms with van der Waals surface area (Å²) in [6.07, 6.45) is 2.18. The van der Waals surface area contributed by atoms with Gasteiger partial charge in [-0.05, 0) is 24.5 Å². The first kappa shape index (κ1) is 18.5. The summed E-state index contributed by atoms with van der Waals surface area (Å²) in [5, 5.41) is 11.7. The van der Waals surface area contributed by atoms with Crippen LogP contribution in [0.25, 0.3) is 0 Å². The third-order valence-electron chi connectivity index (χ3n) is 3.40. The van der Waals surface area contributed by atoms with E-state index in [-0.39, 0.29) is 5.92 Å². The lowest BCUT2D eigenvalue weighted by atomic mass is 10.0. The summed E-state index contributed by atoms with van der Waals surface area (Å²) in [5.41, 5.74) is 1.05. The van der Waals surface area contributed by atoms with E-state index in [9.17, 15) is 14.7 Å². The molecule has 1 aromatic rings. The molecule has 1 rings (SSSR count). The molecule has 0 aliphatic carbocycles. The number of amides is 1. The molecule has 0 saturated heterocycles. The topological polar surface area (TPSA) is 84.9 Å². The molecule has 0 bridgehead atoms. The molecule has 0 spiro atoms. The maximum atomic E-state index is 12.4. The largest absolute Gasteiger partial charge is 0.493 e. The van der Waals surface area contributed by atoms with E-state index < -0.39 is 17.9 Å². The number of hydrogen-bond acceptors (Lipinski definition) is 4. The van der Waals surface area contributed by atoms with Gasteiger partial charge in [0.15, 0.2) is 11.5 Å². The predicted octanol–water partition coefficient (Wildman–Crippen LogP) is 2.27. The molecule has 0 aliphatic rings. The SMILES string of the molecule is C=CCc1cc(C(=O)N[C@H](C(=O)O)C(C)C)cc(OC)c1OC. The summed E-state index contributed by atoms with van der Waals surface area (Å²) in [4.78, 5) is 23.6. The van der Waals surface area contributed by atoms with E-state index in [1.165, 1.54) is 20.3 Å². The van der Waals surface area contributed by atoms with Gasteiger partial charge in [0, 0.05) is 11.1 Å². The molecule has 1 atom stereocenters. The van der Waals surface area contributed by atoms with Gasteiger partial charge in [-0.2, -0.15) is 0 Å². The monoisotopic (exact) mass is 321 g/mol. The van der Waals surface area contributed by atoms with Crippen LogP contribution in [-0.2, 0) is 11.2 Å². The molecule has 0 fully saturated rings. The van der Waals surface area contributed by atoms with Crippen molar-refractivity contribution in [2.75, 3.05) is 14.2 Å². The Morgan fingerprint density at radius 1 is 1.30 bits per heavy atom. The first-order valence-electron chi connectivity index (χ1n) is 7.25. The lowest BCUT2D eigenvalue weighted by Gasteiger charge is -2.19. The number of carbonyl (C=O) groups excluding carboxylic acids is 1. The molecule has 6 heteroatoms. The molecule has 126 valence electrons. The molecular formula is C17H23NO5. The van der Waals surface area contributed by atoms with Crippen molar-refractivity contribution in [3.8, 4) is 11.5 Å². The fourth-order valence-electron chi connectivity index (χ4n) is 2.22. The molecule has 1 amide bonds. The maximum Gasteiger partial charge on any atom is 0.326 e. The van der Waals surface area contributed by atoms with E-state index in [1.807, 2.05) is 0 Å². The summed E-state index contributed by atoms with van der Waals surface area (Å²) in [7, 11) is 2.99. The van der Waals surface area contributed by atoms with Crippen LogP contribution in [0.1, 0.15) is 29.8 Å². The third kappa shape index (κ3) is 4.48. The minimum Gasteiger partial charge on any atom is -0.493 e. The van der Waals surface area contributed by atoms with Crippen LogP contribution in [0.3, 0.4) is 0 Å². The Labute approximate surface area is 136 Å². The standard InChI is InChI=1S/C17H23NO5/c1-6-7-11-8-12(9-13(22-4)15(11)23-5)16(19)18-14(10(2)3)17(20)21/h6,8-10,14H,1,7H2,2-5H3,(H,18,19)(H,20,21)/t14-/m0/s1. The Bertz CT molecular complexity index is 595. The van der Waals surface area contributed by atoms with Gasteiger partial charge >= 0.3 is 5.97 Å². The highest BCUT2D eigenvalue weighted by molar-refractivity contribution is 5.97. The van der Waals surface area contributed by atoms with Crippen LogP contribution < -0.4 is 14.8 Å². The van der Waals surface area contributed by atoms with Crippen molar-refractivity contribution in [3.63, 3.8) is 0 Å². The summed E-state index contributed by atoms with van der Waals surface area (Å²) < 4.78 is 10.6. The maximum absolute atomic E-state index is 12.4. The Morgan fingerprint density at radius 2 is 1.96 bits per heavy atom. The third-order valence-corrected chi connectivity index (χ3v) is 3.40. The zero-order chi connectivity index (χ0) is 17.6. The van der Waals surface area contributed by atoms with Crippen LogP contribution in [0.15, 0.2) is 24.8 Å². The lowest BCUT2D eigenvalue weighted by Crippen LogP contribution is -2.44. The Morgan fingerprint density at radius 3 is 2.39 bits per heavy atom. The number of nitrogens with one attached hydrogen (secondary N) is 1. The summed E-state index contributed by atoms with van der Waals surface area (Å²) >= 11 is 0. The Balaban J connectivity index is 3.20. The van der Waals surface area contributed by atoms with E-state index in [2.05, 4.69) is 11.9 Å². The average Bonchev–Trinajstić information content (AvgIpc) is 2.51. The number of benzene rings is 1. The van der Waals surface area contributed by atoms with Crippen molar-refractivity contribution in [2.45, 2.75) is 26.3 Å². The van der Waals surface area contributed by atoms with Crippen LogP contribution >= 0.6 is 0 Å². The smallest absolute Gasteiger partial charge is 0.326 e. The Kier molecular flexibility index (Phi) is 6.63. The fraction of sp³-hybridized carbons (Fsp3) is 0.412. The van der Waals surface area contributed by atoms with Crippen molar-refractivity contribution < 1.29 is 24.2 Å². The molecule has 23 heavy (non-hydrogen) atoms. The van der Waals surface area contributed by atoms with Crippen molar-refractivity contribution in [3.05, 3.63) is 35.9 Å². The number of rotatable bonds is 8. The van der Waals surface area contributed by atoms with Gasteiger partial charge in [-0.25, -0.2) is 4.79 Å². The second kappa shape index (κ2) is 8.22. The normalized spacial score (nSPS) is 11.7. The van der Waals surface area contributed by atoms with Gasteiger partial charge in [-0.1, -0.05) is 19.9 Å². The van der Waals surface area contributed by atoms with E-state index in [1.54, 1.807) is 26.0 Å². The number of ether oxygens (including phenoxy) is 2. The van der Waals surface area contributed by atoms with Gasteiger partial charge < -0.3 is 19.9 Å². The number of carboxylic acids is 1. The molecule has 0 saturated carbocycles. The molecule has 6 nitrogen and oxygen atoms in total. The van der Waals surface area contributed by atoms with Crippen molar-refractivity contribution in [1.82, 2.24) is 5.32 Å². The van der Waals surface area contributed by atoms with E-state index >= 15 is 0 Å². The first-order valence-corrected chi connectivity index (χ1v) is 7.25. The number of allylic oxidation sites excluding steroid dienone is 1. The highest BCUT2D eigenvalue weighted by atomic mass is 16.5. The molecule has 0 heterocycles. The zero-order valence-electron chi connectivity index (χ0n) is 13.9. The van der Waals surface area contributed by atoms with Crippen LogP contribution in [0.4, 0.5) is 0 Å². The summed E-state index contributed by atoms with van der Waals surface area (Å²) in [6, 6.07) is 2.22. The number of methoxy groups -OCH3 is 2. The highest BCUT2D eigenvalue weighted by Gasteiger charge is 2.25. The van der Waals surface area contributed by atoms with Crippen molar-refractivity contribution in [2.24, 2.45) is 5.92 Å². The molecule has 2 N–H and O–H groups in total. The zero-order valence-corrected chi connectivity index (χ0v) is 13.9. The van der Waals surface area contributed by atoms with Gasteiger partial charge in [0.05, 0.1) is 14.2 Å². The average molecular weight is 321 g/mol. The second-order valence-corrected chi connectivity index (χ2v) is 5.40. The van der Waals surface area contributed by atoms with Gasteiger partial charge in [-0.3, -0.25) is 4.79 Å². The van der Waals surface area contributed by atoms with Crippen LogP contribution in [0.5, 0.6) is 11.5 Å². The van der Waals surface area contributed by atoms with E-state index in [0.29, 0.717) is 23.5 Å². The summed E-state index contributed by atoms with van der Waals surface area (Å²) in [5.74, 6) is -0.835. The van der Waals surface area contributed by atoms with Gasteiger partial charge in [0.2, 0.25) is 0 Å². The molecule has 0 radical (unpaired) electrons. The summed E-state index contributed by atoms with van der Waals surface area (Å²) in [6.45, 7) is 7.15. The van der Waals surface area contributed by atoms with E-state index in [0.717, 1.165) is 5.56 Å². The van der Waals surface area contributed by atoms with Gasteiger partial charge in [0.25, 0.3) is 5.91 Å². The Hall–Kier alpha value is -2.50. The van der Waals surface area contributed by atoms with Crippen molar-refractivity contribution >= 4 is 11.9 Å². The van der Waals surface area contributed by atoms with Crippen LogP contribution in [-0.4, -0.2) is 37.2 Å². The fourth-order valence-corrected chi connectivity index (χ4v) is 2.22. The minimum absolute atomic E-state index is 0.232. The van der Waals surface area contributed by atoms with Crippen molar-refractivity contribution in [1.29, 1.82) is 0 Å². The predicted molar refractivity (Wildman–Crippen MR) is 87.2 cm³/mol. The van der Waals surface area contributed by atoms with Crippen LogP contribution in [0, 0.1) is 5.92 Å². The first-order chi connectivity index (χ1) is 10.8. The molecule has 1 aromatic carbocycles. The van der Waals surface area contributed by atoms with Gasteiger partial charge in [-0.15, -0.1) is 6.58 Å². The molecule has 0 aliphatic heterocycles. The van der Waals surface area contributed by atoms with E-state index in [4.69, 9.17) is 9.47 Å². The quantitative estimate of drug-likeness (QED) is 0.718. The second-order valence-electron chi connectivity index (χ2n) is 5.40. The number of carboxylic acid groups (broad SMARTS) is 1.